The molecule has 0 amide bonds. The Morgan fingerprint density at radius 1 is 1.46 bits per heavy atom. The quantitative estimate of drug-likeness (QED) is 0.792. The van der Waals surface area contributed by atoms with Gasteiger partial charge in [-0.25, -0.2) is 0 Å². The van der Waals surface area contributed by atoms with Crippen molar-refractivity contribution in [3.05, 3.63) is 22.4 Å². The third-order valence-corrected chi connectivity index (χ3v) is 3.44. The predicted octanol–water partition coefficient (Wildman–Crippen LogP) is 2.91. The fourth-order valence-corrected chi connectivity index (χ4v) is 2.20. The summed E-state index contributed by atoms with van der Waals surface area (Å²) in [7, 11) is 0. The number of rotatable bonds is 3. The zero-order valence-electron chi connectivity index (χ0n) is 8.71. The Balaban J connectivity index is 2.60. The highest BCUT2D eigenvalue weighted by atomic mass is 32.1. The minimum Gasteiger partial charge on any atom is -0.330 e. The molecule has 2 N–H and O–H groups in total. The molecule has 1 aromatic rings. The molecule has 1 unspecified atom stereocenters. The van der Waals surface area contributed by atoms with Crippen LogP contribution in [-0.4, -0.2) is 6.54 Å². The first-order chi connectivity index (χ1) is 6.04. The molecule has 1 atom stereocenters. The van der Waals surface area contributed by atoms with Crippen molar-refractivity contribution in [1.29, 1.82) is 0 Å². The van der Waals surface area contributed by atoms with Gasteiger partial charge in [0.1, 0.15) is 0 Å². The van der Waals surface area contributed by atoms with E-state index in [4.69, 9.17) is 5.73 Å². The molecule has 1 aromatic heterocycles. The Hall–Kier alpha value is -0.340. The van der Waals surface area contributed by atoms with E-state index in [9.17, 15) is 0 Å². The minimum absolute atomic E-state index is 0.318. The maximum Gasteiger partial charge on any atom is 0.00486 e. The maximum atomic E-state index is 5.78. The molecule has 0 saturated heterocycles. The molecule has 0 aliphatic carbocycles. The second-order valence-corrected chi connectivity index (χ2v) is 5.61. The Morgan fingerprint density at radius 3 is 2.54 bits per heavy atom. The smallest absolute Gasteiger partial charge is 0.00486 e. The van der Waals surface area contributed by atoms with Gasteiger partial charge in [-0.15, -0.1) is 11.3 Å². The van der Waals surface area contributed by atoms with Crippen LogP contribution in [0.2, 0.25) is 0 Å². The van der Waals surface area contributed by atoms with Gasteiger partial charge in [-0.1, -0.05) is 26.8 Å². The van der Waals surface area contributed by atoms with Gasteiger partial charge in [-0.2, -0.15) is 0 Å². The lowest BCUT2D eigenvalue weighted by Gasteiger charge is -2.29. The first kappa shape index (κ1) is 10.7. The van der Waals surface area contributed by atoms with Gasteiger partial charge in [0, 0.05) is 4.88 Å². The lowest BCUT2D eigenvalue weighted by Crippen LogP contribution is -2.29. The number of nitrogens with two attached hydrogens (primary N) is 1. The van der Waals surface area contributed by atoms with E-state index >= 15 is 0 Å². The second-order valence-electron chi connectivity index (χ2n) is 4.58. The van der Waals surface area contributed by atoms with E-state index in [-0.39, 0.29) is 0 Å². The summed E-state index contributed by atoms with van der Waals surface area (Å²) in [5.74, 6) is 0.589. The summed E-state index contributed by atoms with van der Waals surface area (Å²) < 4.78 is 0. The van der Waals surface area contributed by atoms with Crippen molar-refractivity contribution in [2.45, 2.75) is 27.2 Å². The number of hydrogen-bond acceptors (Lipinski definition) is 2. The van der Waals surface area contributed by atoms with Crippen LogP contribution in [0.25, 0.3) is 0 Å². The van der Waals surface area contributed by atoms with Crippen molar-refractivity contribution < 1.29 is 0 Å². The van der Waals surface area contributed by atoms with Gasteiger partial charge in [0.15, 0.2) is 0 Å². The highest BCUT2D eigenvalue weighted by molar-refractivity contribution is 7.09. The van der Waals surface area contributed by atoms with E-state index in [2.05, 4.69) is 38.3 Å². The average Bonchev–Trinajstić information content (AvgIpc) is 2.49. The Bertz CT molecular complexity index is 233. The van der Waals surface area contributed by atoms with Crippen LogP contribution < -0.4 is 5.73 Å². The molecule has 0 spiro atoms. The molecular formula is C11H19NS. The molecule has 1 rings (SSSR count). The molecule has 1 heterocycles. The Labute approximate surface area is 85.0 Å². The van der Waals surface area contributed by atoms with Gasteiger partial charge in [0.05, 0.1) is 0 Å². The fourth-order valence-electron chi connectivity index (χ4n) is 1.41. The molecule has 1 nitrogen and oxygen atoms in total. The van der Waals surface area contributed by atoms with Crippen LogP contribution in [-0.2, 0) is 6.42 Å². The van der Waals surface area contributed by atoms with Crippen LogP contribution in [0.4, 0.5) is 0 Å². The molecular weight excluding hydrogens is 178 g/mol. The van der Waals surface area contributed by atoms with Crippen LogP contribution in [0.15, 0.2) is 17.5 Å². The average molecular weight is 197 g/mol. The zero-order valence-corrected chi connectivity index (χ0v) is 9.53. The standard InChI is InChI=1S/C11H19NS/c1-11(2,3)9(8-12)7-10-5-4-6-13-10/h4-6,9H,7-8,12H2,1-3H3. The van der Waals surface area contributed by atoms with Gasteiger partial charge in [-0.05, 0) is 35.7 Å². The van der Waals surface area contributed by atoms with E-state index in [1.807, 2.05) is 11.3 Å². The molecule has 0 saturated carbocycles. The minimum atomic E-state index is 0.318. The van der Waals surface area contributed by atoms with E-state index in [0.29, 0.717) is 11.3 Å². The molecule has 2 heteroatoms. The summed E-state index contributed by atoms with van der Waals surface area (Å²) in [5.41, 5.74) is 6.10. The lowest BCUT2D eigenvalue weighted by molar-refractivity contribution is 0.247. The zero-order chi connectivity index (χ0) is 9.90. The monoisotopic (exact) mass is 197 g/mol. The van der Waals surface area contributed by atoms with Crippen molar-refractivity contribution in [2.75, 3.05) is 6.54 Å². The molecule has 0 aromatic carbocycles. The molecule has 13 heavy (non-hydrogen) atoms. The van der Waals surface area contributed by atoms with E-state index in [1.54, 1.807) is 0 Å². The molecule has 0 radical (unpaired) electrons. The van der Waals surface area contributed by atoms with Gasteiger partial charge in [0.25, 0.3) is 0 Å². The summed E-state index contributed by atoms with van der Waals surface area (Å²) in [5, 5.41) is 2.13. The predicted molar refractivity (Wildman–Crippen MR) is 60.0 cm³/mol. The Kier molecular flexibility index (Phi) is 3.51. The van der Waals surface area contributed by atoms with E-state index in [0.717, 1.165) is 13.0 Å². The van der Waals surface area contributed by atoms with Crippen LogP contribution in [0.3, 0.4) is 0 Å². The second kappa shape index (κ2) is 4.25. The third-order valence-electron chi connectivity index (χ3n) is 2.54. The van der Waals surface area contributed by atoms with Crippen molar-refractivity contribution >= 4 is 11.3 Å². The summed E-state index contributed by atoms with van der Waals surface area (Å²) in [6, 6.07) is 4.30. The first-order valence-electron chi connectivity index (χ1n) is 4.76. The maximum absolute atomic E-state index is 5.78. The number of hydrogen-bond donors (Lipinski definition) is 1. The van der Waals surface area contributed by atoms with Gasteiger partial charge < -0.3 is 5.73 Å². The van der Waals surface area contributed by atoms with Crippen LogP contribution >= 0.6 is 11.3 Å². The summed E-state index contributed by atoms with van der Waals surface area (Å²) in [6.45, 7) is 7.57. The summed E-state index contributed by atoms with van der Waals surface area (Å²) in [6.07, 6.45) is 1.12. The summed E-state index contributed by atoms with van der Waals surface area (Å²) >= 11 is 1.83. The summed E-state index contributed by atoms with van der Waals surface area (Å²) in [4.78, 5) is 1.45. The fraction of sp³-hybridized carbons (Fsp3) is 0.636. The van der Waals surface area contributed by atoms with Crippen molar-refractivity contribution in [1.82, 2.24) is 0 Å². The molecule has 0 aliphatic rings. The van der Waals surface area contributed by atoms with E-state index in [1.165, 1.54) is 4.88 Å². The SMILES string of the molecule is CC(C)(C)C(CN)Cc1cccs1. The van der Waals surface area contributed by atoms with Crippen molar-refractivity contribution in [3.8, 4) is 0 Å². The van der Waals surface area contributed by atoms with Gasteiger partial charge in [-0.3, -0.25) is 0 Å². The Morgan fingerprint density at radius 2 is 2.15 bits per heavy atom. The topological polar surface area (TPSA) is 26.0 Å². The highest BCUT2D eigenvalue weighted by Crippen LogP contribution is 2.29. The van der Waals surface area contributed by atoms with Crippen LogP contribution in [0, 0.1) is 11.3 Å². The van der Waals surface area contributed by atoms with Crippen LogP contribution in [0.5, 0.6) is 0 Å². The highest BCUT2D eigenvalue weighted by Gasteiger charge is 2.23. The lowest BCUT2D eigenvalue weighted by atomic mass is 9.78. The molecule has 0 fully saturated rings. The first-order valence-corrected chi connectivity index (χ1v) is 5.64. The number of thiophene rings is 1. The van der Waals surface area contributed by atoms with Gasteiger partial charge >= 0.3 is 0 Å². The normalized spacial score (nSPS) is 14.5. The molecule has 0 bridgehead atoms. The van der Waals surface area contributed by atoms with Crippen molar-refractivity contribution in [3.63, 3.8) is 0 Å². The molecule has 0 aliphatic heterocycles. The van der Waals surface area contributed by atoms with Crippen molar-refractivity contribution in [2.24, 2.45) is 17.1 Å². The van der Waals surface area contributed by atoms with Crippen LogP contribution in [0.1, 0.15) is 25.6 Å². The molecule has 74 valence electrons. The largest absolute Gasteiger partial charge is 0.330 e. The van der Waals surface area contributed by atoms with Gasteiger partial charge in [0.2, 0.25) is 0 Å². The third kappa shape index (κ3) is 3.12. The van der Waals surface area contributed by atoms with E-state index < -0.39 is 0 Å².